The standard InChI is InChI=1S/C21H22Cl2N2O5S/c22-16-4-3-15(13-19(16)31(27,28)25-7-1-2-8-25)21(26)24-6-5-14-11-17(23)20-18(12-14)29-9-10-30-20/h3-4,11-13H,1-2,5-10H2,(H,24,26). The highest BCUT2D eigenvalue weighted by molar-refractivity contribution is 7.89. The fourth-order valence-electron chi connectivity index (χ4n) is 3.64. The molecule has 0 bridgehead atoms. The van der Waals surface area contributed by atoms with Crippen LogP contribution in [-0.4, -0.2) is 51.5 Å². The lowest BCUT2D eigenvalue weighted by Gasteiger charge is -2.20. The minimum atomic E-state index is -3.72. The summed E-state index contributed by atoms with van der Waals surface area (Å²) in [4.78, 5) is 12.6. The zero-order chi connectivity index (χ0) is 22.0. The van der Waals surface area contributed by atoms with Crippen LogP contribution >= 0.6 is 23.2 Å². The lowest BCUT2D eigenvalue weighted by atomic mass is 10.1. The van der Waals surface area contributed by atoms with Crippen LogP contribution in [0.25, 0.3) is 0 Å². The highest BCUT2D eigenvalue weighted by atomic mass is 35.5. The molecule has 0 unspecified atom stereocenters. The van der Waals surface area contributed by atoms with Crippen molar-refractivity contribution in [1.82, 2.24) is 9.62 Å². The molecule has 0 aromatic heterocycles. The molecule has 10 heteroatoms. The van der Waals surface area contributed by atoms with Gasteiger partial charge in [-0.05, 0) is 55.2 Å². The number of amides is 1. The van der Waals surface area contributed by atoms with Crippen molar-refractivity contribution in [1.29, 1.82) is 0 Å². The van der Waals surface area contributed by atoms with Crippen molar-refractivity contribution in [3.05, 3.63) is 51.5 Å². The molecule has 7 nitrogen and oxygen atoms in total. The maximum absolute atomic E-state index is 12.9. The fraction of sp³-hybridized carbons (Fsp3) is 0.381. The quantitative estimate of drug-likeness (QED) is 0.677. The summed E-state index contributed by atoms with van der Waals surface area (Å²) < 4.78 is 38.2. The lowest BCUT2D eigenvalue weighted by molar-refractivity contribution is 0.0954. The van der Waals surface area contributed by atoms with Crippen molar-refractivity contribution in [2.24, 2.45) is 0 Å². The average Bonchev–Trinajstić information content (AvgIpc) is 3.30. The second-order valence-electron chi connectivity index (χ2n) is 7.36. The number of rotatable bonds is 6. The van der Waals surface area contributed by atoms with E-state index in [0.717, 1.165) is 18.4 Å². The van der Waals surface area contributed by atoms with E-state index in [9.17, 15) is 13.2 Å². The van der Waals surface area contributed by atoms with Crippen molar-refractivity contribution in [2.75, 3.05) is 32.8 Å². The Morgan fingerprint density at radius 3 is 2.55 bits per heavy atom. The summed E-state index contributed by atoms with van der Waals surface area (Å²) in [7, 11) is -3.72. The largest absolute Gasteiger partial charge is 0.486 e. The van der Waals surface area contributed by atoms with E-state index in [1.807, 2.05) is 6.07 Å². The highest BCUT2D eigenvalue weighted by Gasteiger charge is 2.29. The van der Waals surface area contributed by atoms with E-state index in [2.05, 4.69) is 5.32 Å². The topological polar surface area (TPSA) is 84.9 Å². The van der Waals surface area contributed by atoms with Gasteiger partial charge in [0, 0.05) is 25.2 Å². The number of nitrogens with zero attached hydrogens (tertiary/aromatic N) is 1. The van der Waals surface area contributed by atoms with Crippen LogP contribution in [0.4, 0.5) is 0 Å². The molecule has 2 aromatic rings. The van der Waals surface area contributed by atoms with Crippen LogP contribution < -0.4 is 14.8 Å². The molecule has 0 atom stereocenters. The minimum Gasteiger partial charge on any atom is -0.486 e. The molecule has 1 fully saturated rings. The summed E-state index contributed by atoms with van der Waals surface area (Å²) in [5.41, 5.74) is 1.13. The maximum atomic E-state index is 12.9. The van der Waals surface area contributed by atoms with E-state index >= 15 is 0 Å². The summed E-state index contributed by atoms with van der Waals surface area (Å²) in [5.74, 6) is 0.751. The number of carbonyl (C=O) groups is 1. The number of carbonyl (C=O) groups excluding carboxylic acids is 1. The van der Waals surface area contributed by atoms with Crippen LogP contribution in [0.1, 0.15) is 28.8 Å². The molecular formula is C21H22Cl2N2O5S. The van der Waals surface area contributed by atoms with E-state index < -0.39 is 10.0 Å². The van der Waals surface area contributed by atoms with Crippen molar-refractivity contribution in [2.45, 2.75) is 24.2 Å². The van der Waals surface area contributed by atoms with Gasteiger partial charge in [0.2, 0.25) is 10.0 Å². The van der Waals surface area contributed by atoms with Gasteiger partial charge in [0.05, 0.1) is 10.0 Å². The third-order valence-corrected chi connectivity index (χ3v) is 7.89. The summed E-state index contributed by atoms with van der Waals surface area (Å²) in [6.45, 7) is 2.19. The number of fused-ring (bicyclic) bond motifs is 1. The van der Waals surface area contributed by atoms with Gasteiger partial charge < -0.3 is 14.8 Å². The zero-order valence-corrected chi connectivity index (χ0v) is 19.0. The summed E-state index contributed by atoms with van der Waals surface area (Å²) in [6.07, 6.45) is 2.16. The van der Waals surface area contributed by atoms with Gasteiger partial charge in [0.15, 0.2) is 11.5 Å². The van der Waals surface area contributed by atoms with Crippen LogP contribution in [-0.2, 0) is 16.4 Å². The Labute approximate surface area is 191 Å². The summed E-state index contributed by atoms with van der Waals surface area (Å²) >= 11 is 12.4. The molecule has 166 valence electrons. The maximum Gasteiger partial charge on any atom is 0.251 e. The number of nitrogens with one attached hydrogen (secondary N) is 1. The molecule has 0 aliphatic carbocycles. The number of halogens is 2. The Bertz CT molecular complexity index is 1100. The SMILES string of the molecule is O=C(NCCc1cc(Cl)c2c(c1)OCCO2)c1ccc(Cl)c(S(=O)(=O)N2CCCC2)c1. The van der Waals surface area contributed by atoms with Crippen molar-refractivity contribution in [3.63, 3.8) is 0 Å². The van der Waals surface area contributed by atoms with Crippen molar-refractivity contribution < 1.29 is 22.7 Å². The molecule has 1 N–H and O–H groups in total. The molecule has 2 heterocycles. The van der Waals surface area contributed by atoms with Crippen LogP contribution in [0.3, 0.4) is 0 Å². The molecule has 4 rings (SSSR count). The average molecular weight is 485 g/mol. The third kappa shape index (κ3) is 4.77. The van der Waals surface area contributed by atoms with Gasteiger partial charge in [0.25, 0.3) is 5.91 Å². The van der Waals surface area contributed by atoms with Gasteiger partial charge in [-0.2, -0.15) is 4.31 Å². The van der Waals surface area contributed by atoms with Gasteiger partial charge in [0.1, 0.15) is 18.1 Å². The van der Waals surface area contributed by atoms with Crippen molar-refractivity contribution in [3.8, 4) is 11.5 Å². The number of hydrogen-bond acceptors (Lipinski definition) is 5. The Morgan fingerprint density at radius 2 is 1.77 bits per heavy atom. The van der Waals surface area contributed by atoms with E-state index in [0.29, 0.717) is 55.8 Å². The second kappa shape index (κ2) is 9.24. The summed E-state index contributed by atoms with van der Waals surface area (Å²) in [6, 6.07) is 7.92. The fourth-order valence-corrected chi connectivity index (χ4v) is 5.95. The molecule has 31 heavy (non-hydrogen) atoms. The van der Waals surface area contributed by atoms with E-state index in [-0.39, 0.29) is 21.4 Å². The number of sulfonamides is 1. The normalized spacial score (nSPS) is 16.3. The first-order chi connectivity index (χ1) is 14.9. The lowest BCUT2D eigenvalue weighted by Crippen LogP contribution is -2.29. The molecule has 0 radical (unpaired) electrons. The second-order valence-corrected chi connectivity index (χ2v) is 10.1. The number of benzene rings is 2. The van der Waals surface area contributed by atoms with E-state index in [4.69, 9.17) is 32.7 Å². The Kier molecular flexibility index (Phi) is 6.62. The predicted molar refractivity (Wildman–Crippen MR) is 118 cm³/mol. The van der Waals surface area contributed by atoms with Gasteiger partial charge >= 0.3 is 0 Å². The predicted octanol–water partition coefficient (Wildman–Crippen LogP) is 3.52. The monoisotopic (exact) mass is 484 g/mol. The van der Waals surface area contributed by atoms with Crippen LogP contribution in [0.15, 0.2) is 35.2 Å². The Hall–Kier alpha value is -2.00. The molecule has 1 amide bonds. The van der Waals surface area contributed by atoms with Gasteiger partial charge in [-0.3, -0.25) is 4.79 Å². The number of hydrogen-bond donors (Lipinski definition) is 1. The van der Waals surface area contributed by atoms with Gasteiger partial charge in [-0.25, -0.2) is 8.42 Å². The summed E-state index contributed by atoms with van der Waals surface area (Å²) in [5, 5.41) is 3.38. The van der Waals surface area contributed by atoms with Crippen molar-refractivity contribution >= 4 is 39.1 Å². The minimum absolute atomic E-state index is 0.0395. The zero-order valence-electron chi connectivity index (χ0n) is 16.7. The molecular weight excluding hydrogens is 463 g/mol. The molecule has 2 aliphatic heterocycles. The third-order valence-electron chi connectivity index (χ3n) is 5.23. The van der Waals surface area contributed by atoms with Crippen LogP contribution in [0, 0.1) is 0 Å². The van der Waals surface area contributed by atoms with Gasteiger partial charge in [-0.1, -0.05) is 23.2 Å². The Balaban J connectivity index is 1.43. The molecule has 1 saturated heterocycles. The first-order valence-electron chi connectivity index (χ1n) is 10.0. The smallest absolute Gasteiger partial charge is 0.251 e. The van der Waals surface area contributed by atoms with Gasteiger partial charge in [-0.15, -0.1) is 0 Å². The van der Waals surface area contributed by atoms with Crippen LogP contribution in [0.5, 0.6) is 11.5 Å². The highest BCUT2D eigenvalue weighted by Crippen LogP contribution is 2.38. The van der Waals surface area contributed by atoms with Crippen LogP contribution in [0.2, 0.25) is 10.0 Å². The first-order valence-corrected chi connectivity index (χ1v) is 12.2. The Morgan fingerprint density at radius 1 is 1.03 bits per heavy atom. The first kappa shape index (κ1) is 22.2. The number of ether oxygens (including phenoxy) is 2. The van der Waals surface area contributed by atoms with E-state index in [1.54, 1.807) is 6.07 Å². The molecule has 2 aliphatic rings. The van der Waals surface area contributed by atoms with E-state index in [1.165, 1.54) is 22.5 Å². The molecule has 2 aromatic carbocycles. The molecule has 0 saturated carbocycles. The molecule has 0 spiro atoms.